The van der Waals surface area contributed by atoms with Crippen LogP contribution in [0.25, 0.3) is 10.9 Å². The van der Waals surface area contributed by atoms with Crippen molar-refractivity contribution < 1.29 is 14.3 Å². The molecule has 0 radical (unpaired) electrons. The number of primary amides is 1. The minimum atomic E-state index is -0.513. The van der Waals surface area contributed by atoms with Gasteiger partial charge in [-0.1, -0.05) is 18.2 Å². The second-order valence-electron chi connectivity index (χ2n) is 7.01. The second kappa shape index (κ2) is 7.78. The number of rotatable bonds is 5. The molecule has 0 bridgehead atoms. The SMILES string of the molecule is NC(=O)c1ccc(C(=O)NC2COCC2Cc2ccnc3ccccc23)cc1. The monoisotopic (exact) mass is 375 g/mol. The van der Waals surface area contributed by atoms with Crippen LogP contribution < -0.4 is 11.1 Å². The van der Waals surface area contributed by atoms with Crippen LogP contribution >= 0.6 is 0 Å². The highest BCUT2D eigenvalue weighted by Crippen LogP contribution is 2.24. The molecule has 3 N–H and O–H groups in total. The van der Waals surface area contributed by atoms with Crippen molar-refractivity contribution in [1.82, 2.24) is 10.3 Å². The molecular weight excluding hydrogens is 354 g/mol. The van der Waals surface area contributed by atoms with Gasteiger partial charge in [-0.25, -0.2) is 0 Å². The Labute approximate surface area is 162 Å². The van der Waals surface area contributed by atoms with Crippen LogP contribution in [0.1, 0.15) is 26.3 Å². The van der Waals surface area contributed by atoms with E-state index < -0.39 is 5.91 Å². The molecule has 6 heteroatoms. The maximum atomic E-state index is 12.6. The summed E-state index contributed by atoms with van der Waals surface area (Å²) in [5, 5.41) is 4.20. The van der Waals surface area contributed by atoms with Crippen LogP contribution in [0.2, 0.25) is 0 Å². The molecule has 1 aliphatic heterocycles. The Morgan fingerprint density at radius 3 is 2.57 bits per heavy atom. The van der Waals surface area contributed by atoms with Gasteiger partial charge in [-0.05, 0) is 48.4 Å². The van der Waals surface area contributed by atoms with Gasteiger partial charge in [-0.15, -0.1) is 0 Å². The second-order valence-corrected chi connectivity index (χ2v) is 7.01. The van der Waals surface area contributed by atoms with Gasteiger partial charge in [0.1, 0.15) is 0 Å². The summed E-state index contributed by atoms with van der Waals surface area (Å²) >= 11 is 0. The van der Waals surface area contributed by atoms with Crippen molar-refractivity contribution in [2.45, 2.75) is 12.5 Å². The lowest BCUT2D eigenvalue weighted by Gasteiger charge is -2.20. The summed E-state index contributed by atoms with van der Waals surface area (Å²) in [6.45, 7) is 1.08. The van der Waals surface area contributed by atoms with Crippen LogP contribution in [0, 0.1) is 5.92 Å². The lowest BCUT2D eigenvalue weighted by Crippen LogP contribution is -2.40. The molecule has 2 unspecified atom stereocenters. The van der Waals surface area contributed by atoms with Crippen molar-refractivity contribution >= 4 is 22.7 Å². The molecule has 0 saturated carbocycles. The number of nitrogens with zero attached hydrogens (tertiary/aromatic N) is 1. The Balaban J connectivity index is 1.47. The van der Waals surface area contributed by atoms with Crippen LogP contribution in [-0.4, -0.2) is 36.1 Å². The first-order valence-electron chi connectivity index (χ1n) is 9.23. The Morgan fingerprint density at radius 2 is 1.79 bits per heavy atom. The molecule has 1 aliphatic rings. The van der Waals surface area contributed by atoms with Gasteiger partial charge in [0.05, 0.1) is 24.8 Å². The van der Waals surface area contributed by atoms with Gasteiger partial charge in [-0.3, -0.25) is 14.6 Å². The Kier molecular flexibility index (Phi) is 5.04. The van der Waals surface area contributed by atoms with Gasteiger partial charge in [0, 0.05) is 28.6 Å². The van der Waals surface area contributed by atoms with Gasteiger partial charge in [0.15, 0.2) is 0 Å². The standard InChI is InChI=1S/C22H21N3O3/c23-21(26)14-5-7-15(8-6-14)22(27)25-20-13-28-12-17(20)11-16-9-10-24-19-4-2-1-3-18(16)19/h1-10,17,20H,11-13H2,(H2,23,26)(H,25,27). The average Bonchev–Trinajstić information content (AvgIpc) is 3.15. The highest BCUT2D eigenvalue weighted by atomic mass is 16.5. The topological polar surface area (TPSA) is 94.3 Å². The fraction of sp³-hybridized carbons (Fsp3) is 0.227. The van der Waals surface area contributed by atoms with E-state index in [0.717, 1.165) is 17.3 Å². The van der Waals surface area contributed by atoms with Crippen LogP contribution in [0.4, 0.5) is 0 Å². The van der Waals surface area contributed by atoms with Crippen molar-refractivity contribution in [3.8, 4) is 0 Å². The number of benzene rings is 2. The number of carbonyl (C=O) groups excluding carboxylic acids is 2. The summed E-state index contributed by atoms with van der Waals surface area (Å²) in [6, 6.07) is 16.3. The normalized spacial score (nSPS) is 18.9. The summed E-state index contributed by atoms with van der Waals surface area (Å²) in [4.78, 5) is 28.2. The number of para-hydroxylation sites is 1. The number of aromatic nitrogens is 1. The molecule has 1 aromatic heterocycles. The third-order valence-corrected chi connectivity index (χ3v) is 5.17. The molecule has 2 amide bonds. The van der Waals surface area contributed by atoms with Crippen LogP contribution in [0.15, 0.2) is 60.8 Å². The fourth-order valence-electron chi connectivity index (χ4n) is 3.61. The van der Waals surface area contributed by atoms with E-state index in [4.69, 9.17) is 10.5 Å². The molecule has 1 saturated heterocycles. The Hall–Kier alpha value is -3.25. The van der Waals surface area contributed by atoms with Gasteiger partial charge >= 0.3 is 0 Å². The number of pyridine rings is 1. The first-order chi connectivity index (χ1) is 13.6. The highest BCUT2D eigenvalue weighted by molar-refractivity contribution is 5.97. The maximum Gasteiger partial charge on any atom is 0.251 e. The largest absolute Gasteiger partial charge is 0.379 e. The zero-order chi connectivity index (χ0) is 19.5. The maximum absolute atomic E-state index is 12.6. The number of hydrogen-bond acceptors (Lipinski definition) is 4. The van der Waals surface area contributed by atoms with Gasteiger partial charge < -0.3 is 15.8 Å². The lowest BCUT2D eigenvalue weighted by molar-refractivity contribution is 0.0923. The molecule has 2 aromatic carbocycles. The lowest BCUT2D eigenvalue weighted by atomic mass is 9.93. The van der Waals surface area contributed by atoms with E-state index in [1.54, 1.807) is 24.3 Å². The van der Waals surface area contributed by atoms with E-state index in [2.05, 4.69) is 16.4 Å². The van der Waals surface area contributed by atoms with Crippen molar-refractivity contribution in [3.05, 3.63) is 77.5 Å². The van der Waals surface area contributed by atoms with Crippen LogP contribution in [0.5, 0.6) is 0 Å². The number of amides is 2. The van der Waals surface area contributed by atoms with Crippen LogP contribution in [0.3, 0.4) is 0 Å². The summed E-state index contributed by atoms with van der Waals surface area (Å²) in [7, 11) is 0. The molecule has 2 atom stereocenters. The molecular formula is C22H21N3O3. The summed E-state index contributed by atoms with van der Waals surface area (Å²) in [6.07, 6.45) is 2.62. The van der Waals surface area contributed by atoms with E-state index in [1.807, 2.05) is 30.5 Å². The van der Waals surface area contributed by atoms with E-state index in [9.17, 15) is 9.59 Å². The zero-order valence-electron chi connectivity index (χ0n) is 15.3. The zero-order valence-corrected chi connectivity index (χ0v) is 15.3. The molecule has 2 heterocycles. The number of fused-ring (bicyclic) bond motifs is 1. The fourth-order valence-corrected chi connectivity index (χ4v) is 3.61. The average molecular weight is 375 g/mol. The molecule has 0 aliphatic carbocycles. The van der Waals surface area contributed by atoms with Crippen molar-refractivity contribution in [1.29, 1.82) is 0 Å². The summed E-state index contributed by atoms with van der Waals surface area (Å²) in [5.41, 5.74) is 8.28. The Morgan fingerprint density at radius 1 is 1.04 bits per heavy atom. The van der Waals surface area contributed by atoms with Crippen LogP contribution in [-0.2, 0) is 11.2 Å². The van der Waals surface area contributed by atoms with Crippen molar-refractivity contribution in [2.75, 3.05) is 13.2 Å². The predicted octanol–water partition coefficient (Wildman–Crippen LogP) is 2.32. The molecule has 142 valence electrons. The van der Waals surface area contributed by atoms with Gasteiger partial charge in [-0.2, -0.15) is 0 Å². The molecule has 28 heavy (non-hydrogen) atoms. The van der Waals surface area contributed by atoms with E-state index >= 15 is 0 Å². The van der Waals surface area contributed by atoms with E-state index in [0.29, 0.717) is 24.3 Å². The van der Waals surface area contributed by atoms with Gasteiger partial charge in [0.2, 0.25) is 5.91 Å². The van der Waals surface area contributed by atoms with Gasteiger partial charge in [0.25, 0.3) is 5.91 Å². The number of nitrogens with one attached hydrogen (secondary N) is 1. The highest BCUT2D eigenvalue weighted by Gasteiger charge is 2.30. The number of nitrogens with two attached hydrogens (primary N) is 1. The summed E-state index contributed by atoms with van der Waals surface area (Å²) < 4.78 is 5.65. The quantitative estimate of drug-likeness (QED) is 0.716. The predicted molar refractivity (Wildman–Crippen MR) is 106 cm³/mol. The first kappa shape index (κ1) is 18.1. The molecule has 3 aromatic rings. The van der Waals surface area contributed by atoms with Crippen molar-refractivity contribution in [3.63, 3.8) is 0 Å². The molecule has 0 spiro atoms. The third kappa shape index (κ3) is 3.73. The number of hydrogen-bond donors (Lipinski definition) is 2. The Bertz CT molecular complexity index is 1010. The first-order valence-corrected chi connectivity index (χ1v) is 9.23. The minimum Gasteiger partial charge on any atom is -0.379 e. The number of carbonyl (C=O) groups is 2. The smallest absolute Gasteiger partial charge is 0.251 e. The minimum absolute atomic E-state index is 0.0738. The molecule has 6 nitrogen and oxygen atoms in total. The van der Waals surface area contributed by atoms with E-state index in [1.165, 1.54) is 5.56 Å². The third-order valence-electron chi connectivity index (χ3n) is 5.17. The van der Waals surface area contributed by atoms with Crippen molar-refractivity contribution in [2.24, 2.45) is 11.7 Å². The number of ether oxygens (including phenoxy) is 1. The molecule has 4 rings (SSSR count). The van der Waals surface area contributed by atoms with E-state index in [-0.39, 0.29) is 17.9 Å². The summed E-state index contributed by atoms with van der Waals surface area (Å²) in [5.74, 6) is -0.517. The molecule has 1 fully saturated rings.